The minimum Gasteiger partial charge on any atom is -0.279 e. The molecule has 0 aromatic heterocycles. The third-order valence-electron chi connectivity index (χ3n) is 5.33. The van der Waals surface area contributed by atoms with Gasteiger partial charge in [0.1, 0.15) is 0 Å². The lowest BCUT2D eigenvalue weighted by molar-refractivity contribution is 0.574. The van der Waals surface area contributed by atoms with Gasteiger partial charge in [0.25, 0.3) is 10.0 Å². The van der Waals surface area contributed by atoms with Crippen molar-refractivity contribution < 1.29 is 16.8 Å². The fourth-order valence-electron chi connectivity index (χ4n) is 3.68. The lowest BCUT2D eigenvalue weighted by atomic mass is 10.0. The van der Waals surface area contributed by atoms with E-state index in [-0.39, 0.29) is 10.6 Å². The monoisotopic (exact) mass is 436 g/mol. The maximum Gasteiger partial charge on any atom is 0.262 e. The molecule has 0 unspecified atom stereocenters. The highest BCUT2D eigenvalue weighted by molar-refractivity contribution is 7.93. The van der Waals surface area contributed by atoms with E-state index in [2.05, 4.69) is 4.72 Å². The first-order valence-corrected chi connectivity index (χ1v) is 13.0. The molecule has 0 radical (unpaired) electrons. The van der Waals surface area contributed by atoms with Crippen molar-refractivity contribution in [2.75, 3.05) is 21.3 Å². The van der Waals surface area contributed by atoms with Gasteiger partial charge >= 0.3 is 0 Å². The molecule has 1 aliphatic heterocycles. The van der Waals surface area contributed by atoms with Crippen molar-refractivity contribution in [2.24, 2.45) is 0 Å². The van der Waals surface area contributed by atoms with E-state index in [0.717, 1.165) is 17.5 Å². The van der Waals surface area contributed by atoms with Gasteiger partial charge in [0.15, 0.2) is 0 Å². The van der Waals surface area contributed by atoms with E-state index in [1.54, 1.807) is 19.1 Å². The van der Waals surface area contributed by atoms with Gasteiger partial charge in [-0.25, -0.2) is 16.8 Å². The highest BCUT2D eigenvalue weighted by atomic mass is 32.2. The second-order valence-corrected chi connectivity index (χ2v) is 11.0. The molecule has 1 N–H and O–H groups in total. The minimum atomic E-state index is -3.88. The van der Waals surface area contributed by atoms with E-state index in [4.69, 9.17) is 0 Å². The summed E-state index contributed by atoms with van der Waals surface area (Å²) in [4.78, 5) is 0.101. The number of para-hydroxylation sites is 1. The number of aryl methyl sites for hydroxylation is 3. The van der Waals surface area contributed by atoms with Gasteiger partial charge in [0.2, 0.25) is 10.0 Å². The molecule has 6 nitrogen and oxygen atoms in total. The van der Waals surface area contributed by atoms with E-state index < -0.39 is 20.0 Å². The van der Waals surface area contributed by atoms with E-state index in [9.17, 15) is 16.8 Å². The molecule has 0 spiro atoms. The van der Waals surface area contributed by atoms with E-state index in [1.807, 2.05) is 32.0 Å². The first kappa shape index (κ1) is 21.6. The van der Waals surface area contributed by atoms with Gasteiger partial charge in [-0.1, -0.05) is 38.1 Å². The van der Waals surface area contributed by atoms with E-state index in [1.165, 1.54) is 10.4 Å². The molecule has 0 amide bonds. The van der Waals surface area contributed by atoms with Gasteiger partial charge in [-0.05, 0) is 61.4 Å². The summed E-state index contributed by atoms with van der Waals surface area (Å²) in [5.74, 6) is 0.0882. The standard InChI is InChI=1S/C21H28N2O4S2/c1-4-17-9-8-10-18(5-2)21(17)22-29(26,27)20-15-19(12-11-16(20)3)23-13-6-7-14-28(23,24)25/h8-12,15,22H,4-7,13-14H2,1-3H3. The Kier molecular flexibility index (Phi) is 6.24. The summed E-state index contributed by atoms with van der Waals surface area (Å²) in [6, 6.07) is 10.6. The van der Waals surface area contributed by atoms with Crippen molar-refractivity contribution in [1.82, 2.24) is 0 Å². The van der Waals surface area contributed by atoms with Gasteiger partial charge in [-0.2, -0.15) is 0 Å². The van der Waals surface area contributed by atoms with Crippen LogP contribution in [0, 0.1) is 6.92 Å². The number of nitrogens with one attached hydrogen (secondary N) is 1. The largest absolute Gasteiger partial charge is 0.279 e. The number of nitrogens with zero attached hydrogens (tertiary/aromatic N) is 1. The summed E-state index contributed by atoms with van der Waals surface area (Å²) >= 11 is 0. The van der Waals surface area contributed by atoms with Gasteiger partial charge in [0, 0.05) is 6.54 Å². The fourth-order valence-corrected chi connectivity index (χ4v) is 6.72. The van der Waals surface area contributed by atoms with Gasteiger partial charge in [-0.3, -0.25) is 9.03 Å². The molecule has 1 aliphatic rings. The molecule has 1 heterocycles. The van der Waals surface area contributed by atoms with Gasteiger partial charge in [0.05, 0.1) is 22.0 Å². The normalized spacial score (nSPS) is 16.6. The molecule has 0 bridgehead atoms. The maximum absolute atomic E-state index is 13.3. The Morgan fingerprint density at radius 2 is 1.69 bits per heavy atom. The Labute approximate surface area is 174 Å². The SMILES string of the molecule is CCc1cccc(CC)c1NS(=O)(=O)c1cc(N2CCCCS2(=O)=O)ccc1C. The number of anilines is 2. The van der Waals surface area contributed by atoms with Crippen LogP contribution in [-0.2, 0) is 32.9 Å². The summed E-state index contributed by atoms with van der Waals surface area (Å²) in [5.41, 5.74) is 3.45. The van der Waals surface area contributed by atoms with Crippen LogP contribution >= 0.6 is 0 Å². The maximum atomic E-state index is 13.3. The molecule has 1 saturated heterocycles. The van der Waals surface area contributed by atoms with Crippen molar-refractivity contribution in [3.8, 4) is 0 Å². The van der Waals surface area contributed by atoms with Crippen LogP contribution in [0.3, 0.4) is 0 Å². The predicted molar refractivity (Wildman–Crippen MR) is 118 cm³/mol. The molecule has 2 aromatic carbocycles. The zero-order valence-corrected chi connectivity index (χ0v) is 18.7. The van der Waals surface area contributed by atoms with Crippen molar-refractivity contribution in [3.05, 3.63) is 53.1 Å². The Morgan fingerprint density at radius 3 is 2.28 bits per heavy atom. The Bertz CT molecular complexity index is 1090. The lowest BCUT2D eigenvalue weighted by Crippen LogP contribution is -2.38. The number of sulfonamides is 2. The second-order valence-electron chi connectivity index (χ2n) is 7.31. The predicted octanol–water partition coefficient (Wildman–Crippen LogP) is 3.85. The minimum absolute atomic E-state index is 0.0882. The zero-order chi connectivity index (χ0) is 21.2. The number of benzene rings is 2. The van der Waals surface area contributed by atoms with Crippen molar-refractivity contribution in [2.45, 2.75) is 51.3 Å². The molecule has 158 valence electrons. The van der Waals surface area contributed by atoms with Crippen LogP contribution in [0.5, 0.6) is 0 Å². The van der Waals surface area contributed by atoms with Crippen LogP contribution in [0.25, 0.3) is 0 Å². The summed E-state index contributed by atoms with van der Waals surface area (Å²) in [6.45, 7) is 6.06. The molecule has 29 heavy (non-hydrogen) atoms. The molecule has 3 rings (SSSR count). The molecule has 2 aromatic rings. The summed E-state index contributed by atoms with van der Waals surface area (Å²) in [6.07, 6.45) is 2.80. The van der Waals surface area contributed by atoms with E-state index in [0.29, 0.717) is 42.7 Å². The van der Waals surface area contributed by atoms with Crippen molar-refractivity contribution in [1.29, 1.82) is 0 Å². The first-order valence-electron chi connectivity index (χ1n) is 9.94. The molecule has 1 fully saturated rings. The van der Waals surface area contributed by atoms with Crippen LogP contribution in [0.1, 0.15) is 43.4 Å². The highest BCUT2D eigenvalue weighted by Crippen LogP contribution is 2.31. The molecular formula is C21H28N2O4S2. The second kappa shape index (κ2) is 8.36. The van der Waals surface area contributed by atoms with Crippen LogP contribution < -0.4 is 9.03 Å². The summed E-state index contributed by atoms with van der Waals surface area (Å²) < 4.78 is 55.5. The Balaban J connectivity index is 2.04. The summed E-state index contributed by atoms with van der Waals surface area (Å²) in [5, 5.41) is 0. The Morgan fingerprint density at radius 1 is 1.03 bits per heavy atom. The van der Waals surface area contributed by atoms with Crippen LogP contribution in [-0.4, -0.2) is 29.1 Å². The first-order chi connectivity index (χ1) is 13.7. The molecule has 0 atom stereocenters. The molecule has 0 aliphatic carbocycles. The van der Waals surface area contributed by atoms with E-state index >= 15 is 0 Å². The zero-order valence-electron chi connectivity index (χ0n) is 17.1. The van der Waals surface area contributed by atoms with Gasteiger partial charge in [-0.15, -0.1) is 0 Å². The number of hydrogen-bond acceptors (Lipinski definition) is 4. The van der Waals surface area contributed by atoms with Crippen LogP contribution in [0.2, 0.25) is 0 Å². The molecule has 0 saturated carbocycles. The van der Waals surface area contributed by atoms with Crippen LogP contribution in [0.4, 0.5) is 11.4 Å². The smallest absolute Gasteiger partial charge is 0.262 e. The average molecular weight is 437 g/mol. The number of hydrogen-bond donors (Lipinski definition) is 1. The fraction of sp³-hybridized carbons (Fsp3) is 0.429. The molecular weight excluding hydrogens is 408 g/mol. The molecule has 8 heteroatoms. The van der Waals surface area contributed by atoms with Crippen molar-refractivity contribution in [3.63, 3.8) is 0 Å². The lowest BCUT2D eigenvalue weighted by Gasteiger charge is -2.29. The quantitative estimate of drug-likeness (QED) is 0.745. The third kappa shape index (κ3) is 4.43. The topological polar surface area (TPSA) is 83.6 Å². The Hall–Kier alpha value is -2.06. The third-order valence-corrected chi connectivity index (χ3v) is 8.70. The highest BCUT2D eigenvalue weighted by Gasteiger charge is 2.28. The average Bonchev–Trinajstić information content (AvgIpc) is 2.68. The van der Waals surface area contributed by atoms with Crippen molar-refractivity contribution >= 4 is 31.4 Å². The van der Waals surface area contributed by atoms with Crippen LogP contribution in [0.15, 0.2) is 41.3 Å². The van der Waals surface area contributed by atoms with Gasteiger partial charge < -0.3 is 0 Å². The number of rotatable bonds is 6. The summed E-state index contributed by atoms with van der Waals surface area (Å²) in [7, 11) is -7.29.